The molecule has 29 heavy (non-hydrogen) atoms. The Balaban J connectivity index is 1.61. The van der Waals surface area contributed by atoms with Crippen molar-refractivity contribution >= 4 is 57.3 Å². The van der Waals surface area contributed by atoms with Crippen LogP contribution in [0.4, 0.5) is 10.8 Å². The van der Waals surface area contributed by atoms with Crippen molar-refractivity contribution in [3.05, 3.63) is 64.7 Å². The van der Waals surface area contributed by atoms with E-state index < -0.39 is 0 Å². The number of nitrogens with one attached hydrogen (secondary N) is 2. The van der Waals surface area contributed by atoms with Crippen molar-refractivity contribution in [1.29, 1.82) is 0 Å². The van der Waals surface area contributed by atoms with E-state index in [2.05, 4.69) is 20.8 Å². The van der Waals surface area contributed by atoms with Gasteiger partial charge in [-0.1, -0.05) is 71.5 Å². The van der Waals surface area contributed by atoms with Gasteiger partial charge in [0.15, 0.2) is 4.34 Å². The lowest BCUT2D eigenvalue weighted by molar-refractivity contribution is -0.115. The fraction of sp³-hybridized carbons (Fsp3) is 0.200. The minimum absolute atomic E-state index is 0.0989. The number of aromatic nitrogens is 2. The van der Waals surface area contributed by atoms with Gasteiger partial charge in [-0.05, 0) is 37.6 Å². The summed E-state index contributed by atoms with van der Waals surface area (Å²) >= 11 is 8.58. The molecule has 3 rings (SSSR count). The number of hydrogen-bond acceptors (Lipinski definition) is 6. The molecule has 2 aromatic carbocycles. The molecule has 1 atom stereocenters. The second-order valence-electron chi connectivity index (χ2n) is 6.18. The number of carbonyl (C=O) groups is 2. The van der Waals surface area contributed by atoms with Crippen LogP contribution in [0.1, 0.15) is 29.3 Å². The maximum atomic E-state index is 12.6. The van der Waals surface area contributed by atoms with Crippen LogP contribution in [0.5, 0.6) is 0 Å². The summed E-state index contributed by atoms with van der Waals surface area (Å²) in [5.41, 5.74) is 2.25. The third-order valence-electron chi connectivity index (χ3n) is 3.97. The Labute approximate surface area is 182 Å². The molecule has 3 aromatic rings. The molecule has 0 aliphatic rings. The number of rotatable bonds is 7. The fourth-order valence-electron chi connectivity index (χ4n) is 2.42. The van der Waals surface area contributed by atoms with Gasteiger partial charge in [-0.2, -0.15) is 0 Å². The molecule has 6 nitrogen and oxygen atoms in total. The fourth-order valence-corrected chi connectivity index (χ4v) is 4.56. The average molecular weight is 447 g/mol. The van der Waals surface area contributed by atoms with Crippen LogP contribution in [0.25, 0.3) is 0 Å². The molecule has 0 spiro atoms. The van der Waals surface area contributed by atoms with Gasteiger partial charge >= 0.3 is 0 Å². The highest BCUT2D eigenvalue weighted by Crippen LogP contribution is 2.31. The number of halogens is 1. The van der Waals surface area contributed by atoms with Crippen LogP contribution in [0.3, 0.4) is 0 Å². The summed E-state index contributed by atoms with van der Waals surface area (Å²) in [7, 11) is 0. The summed E-state index contributed by atoms with van der Waals surface area (Å²) in [6, 6.07) is 14.4. The van der Waals surface area contributed by atoms with E-state index in [9.17, 15) is 9.59 Å². The zero-order chi connectivity index (χ0) is 20.8. The molecule has 0 saturated carbocycles. The Hall–Kier alpha value is -2.42. The summed E-state index contributed by atoms with van der Waals surface area (Å²) in [6.07, 6.45) is 0.628. The molecule has 0 radical (unpaired) electrons. The maximum absolute atomic E-state index is 12.6. The summed E-state index contributed by atoms with van der Waals surface area (Å²) in [6.45, 7) is 3.93. The number of carbonyl (C=O) groups excluding carboxylic acids is 2. The summed E-state index contributed by atoms with van der Waals surface area (Å²) in [5.74, 6) is -0.453. The molecule has 1 aromatic heterocycles. The Morgan fingerprint density at radius 2 is 1.83 bits per heavy atom. The Bertz CT molecular complexity index is 1010. The summed E-state index contributed by atoms with van der Waals surface area (Å²) in [5, 5.41) is 14.1. The van der Waals surface area contributed by atoms with Crippen molar-refractivity contribution in [3.8, 4) is 0 Å². The number of hydrogen-bond donors (Lipinski definition) is 2. The van der Waals surface area contributed by atoms with E-state index in [1.54, 1.807) is 24.3 Å². The highest BCUT2D eigenvalue weighted by Gasteiger charge is 2.21. The predicted molar refractivity (Wildman–Crippen MR) is 119 cm³/mol. The molecular formula is C20H19ClN4O2S2. The van der Waals surface area contributed by atoms with Crippen LogP contribution in [-0.4, -0.2) is 27.3 Å². The van der Waals surface area contributed by atoms with Gasteiger partial charge in [-0.3, -0.25) is 14.9 Å². The first-order valence-electron chi connectivity index (χ1n) is 8.90. The number of aryl methyl sites for hydroxylation is 1. The van der Waals surface area contributed by atoms with Crippen molar-refractivity contribution in [3.63, 3.8) is 0 Å². The summed E-state index contributed by atoms with van der Waals surface area (Å²) in [4.78, 5) is 24.9. The SMILES string of the molecule is CCC(Sc1nnc(NC(=O)c2ccccc2Cl)s1)C(=O)Nc1ccc(C)cc1. The minimum Gasteiger partial charge on any atom is -0.325 e. The van der Waals surface area contributed by atoms with Crippen molar-refractivity contribution in [1.82, 2.24) is 10.2 Å². The number of anilines is 2. The maximum Gasteiger partial charge on any atom is 0.259 e. The van der Waals surface area contributed by atoms with Crippen LogP contribution in [-0.2, 0) is 4.79 Å². The van der Waals surface area contributed by atoms with E-state index in [-0.39, 0.29) is 17.1 Å². The standard InChI is InChI=1S/C20H19ClN4O2S2/c1-3-16(18(27)22-13-10-8-12(2)9-11-13)28-20-25-24-19(29-20)23-17(26)14-6-4-5-7-15(14)21/h4-11,16H,3H2,1-2H3,(H,22,27)(H,23,24,26). The van der Waals surface area contributed by atoms with Crippen LogP contribution in [0.2, 0.25) is 5.02 Å². The Kier molecular flexibility index (Phi) is 7.24. The van der Waals surface area contributed by atoms with Gasteiger partial charge in [0.2, 0.25) is 11.0 Å². The molecule has 1 unspecified atom stereocenters. The van der Waals surface area contributed by atoms with Gasteiger partial charge in [0.25, 0.3) is 5.91 Å². The molecule has 0 aliphatic heterocycles. The lowest BCUT2D eigenvalue weighted by atomic mass is 10.2. The first-order valence-corrected chi connectivity index (χ1v) is 11.0. The molecule has 0 aliphatic carbocycles. The smallest absolute Gasteiger partial charge is 0.259 e. The Morgan fingerprint density at radius 3 is 2.52 bits per heavy atom. The minimum atomic E-state index is -0.354. The van der Waals surface area contributed by atoms with E-state index in [1.165, 1.54) is 23.1 Å². The van der Waals surface area contributed by atoms with E-state index in [1.807, 2.05) is 38.1 Å². The monoisotopic (exact) mass is 446 g/mol. The average Bonchev–Trinajstić information content (AvgIpc) is 3.15. The predicted octanol–water partition coefficient (Wildman–Crippen LogP) is 5.26. The second-order valence-corrected chi connectivity index (χ2v) is 9.01. The molecule has 2 N–H and O–H groups in total. The van der Waals surface area contributed by atoms with Gasteiger partial charge in [0, 0.05) is 5.69 Å². The van der Waals surface area contributed by atoms with E-state index in [0.29, 0.717) is 26.5 Å². The third-order valence-corrected chi connectivity index (χ3v) is 6.59. The largest absolute Gasteiger partial charge is 0.325 e. The molecule has 0 saturated heterocycles. The van der Waals surface area contributed by atoms with Gasteiger partial charge in [-0.15, -0.1) is 10.2 Å². The highest BCUT2D eigenvalue weighted by molar-refractivity contribution is 8.02. The summed E-state index contributed by atoms with van der Waals surface area (Å²) < 4.78 is 0.602. The lowest BCUT2D eigenvalue weighted by Gasteiger charge is -2.13. The van der Waals surface area contributed by atoms with Crippen LogP contribution in [0, 0.1) is 6.92 Å². The van der Waals surface area contributed by atoms with Gasteiger partial charge in [-0.25, -0.2) is 0 Å². The third kappa shape index (κ3) is 5.79. The van der Waals surface area contributed by atoms with E-state index in [0.717, 1.165) is 11.3 Å². The van der Waals surface area contributed by atoms with Crippen molar-refractivity contribution in [2.24, 2.45) is 0 Å². The van der Waals surface area contributed by atoms with Gasteiger partial charge in [0.1, 0.15) is 0 Å². The number of thioether (sulfide) groups is 1. The zero-order valence-corrected chi connectivity index (χ0v) is 18.2. The first-order chi connectivity index (χ1) is 14.0. The molecule has 0 bridgehead atoms. The molecular weight excluding hydrogens is 428 g/mol. The first kappa shape index (κ1) is 21.3. The Morgan fingerprint density at radius 1 is 1.10 bits per heavy atom. The molecule has 2 amide bonds. The van der Waals surface area contributed by atoms with Crippen LogP contribution in [0.15, 0.2) is 52.9 Å². The van der Waals surface area contributed by atoms with Crippen LogP contribution >= 0.6 is 34.7 Å². The quantitative estimate of drug-likeness (QED) is 0.382. The van der Waals surface area contributed by atoms with Crippen molar-refractivity contribution < 1.29 is 9.59 Å². The molecule has 150 valence electrons. The van der Waals surface area contributed by atoms with E-state index in [4.69, 9.17) is 11.6 Å². The van der Waals surface area contributed by atoms with Crippen molar-refractivity contribution in [2.45, 2.75) is 29.9 Å². The normalized spacial score (nSPS) is 11.7. The lowest BCUT2D eigenvalue weighted by Crippen LogP contribution is -2.24. The van der Waals surface area contributed by atoms with Crippen LogP contribution < -0.4 is 10.6 Å². The zero-order valence-electron chi connectivity index (χ0n) is 15.8. The number of amides is 2. The molecule has 1 heterocycles. The van der Waals surface area contributed by atoms with Gasteiger partial charge < -0.3 is 5.32 Å². The molecule has 9 heteroatoms. The second kappa shape index (κ2) is 9.87. The highest BCUT2D eigenvalue weighted by atomic mass is 35.5. The van der Waals surface area contributed by atoms with Gasteiger partial charge in [0.05, 0.1) is 15.8 Å². The number of benzene rings is 2. The number of nitrogens with zero attached hydrogens (tertiary/aromatic N) is 2. The molecule has 0 fully saturated rings. The topological polar surface area (TPSA) is 84.0 Å². The van der Waals surface area contributed by atoms with E-state index >= 15 is 0 Å². The van der Waals surface area contributed by atoms with Crippen molar-refractivity contribution in [2.75, 3.05) is 10.6 Å².